The maximum Gasteiger partial charge on any atom is 0.412 e. The van der Waals surface area contributed by atoms with Gasteiger partial charge in [0, 0.05) is 51.0 Å². The molecule has 3 N–H and O–H groups in total. The average molecular weight is 584 g/mol. The molecule has 0 radical (unpaired) electrons. The Morgan fingerprint density at radius 1 is 0.881 bits per heavy atom. The number of carbonyl (C=O) groups excluding carboxylic acids is 3. The first-order chi connectivity index (χ1) is 19.7. The number of likely N-dealkylation sites (N-methyl/N-ethyl adjacent to an activating group) is 1. The Bertz CT molecular complexity index is 1150. The van der Waals surface area contributed by atoms with Crippen molar-refractivity contribution in [2.45, 2.75) is 72.7 Å². The van der Waals surface area contributed by atoms with Crippen LogP contribution in [0.25, 0.3) is 0 Å². The van der Waals surface area contributed by atoms with E-state index in [4.69, 9.17) is 4.74 Å². The van der Waals surface area contributed by atoms with Gasteiger partial charge in [0.1, 0.15) is 11.3 Å². The molecule has 0 aliphatic carbocycles. The third kappa shape index (κ3) is 12.0. The van der Waals surface area contributed by atoms with E-state index in [1.807, 2.05) is 19.0 Å². The third-order valence-corrected chi connectivity index (χ3v) is 6.32. The topological polar surface area (TPSA) is 119 Å². The number of benzene rings is 1. The Labute approximate surface area is 251 Å². The number of rotatable bonds is 13. The van der Waals surface area contributed by atoms with Crippen molar-refractivity contribution in [1.82, 2.24) is 25.0 Å². The van der Waals surface area contributed by atoms with E-state index >= 15 is 0 Å². The van der Waals surface area contributed by atoms with Crippen LogP contribution in [0.5, 0.6) is 0 Å². The van der Waals surface area contributed by atoms with Gasteiger partial charge in [0.2, 0.25) is 0 Å². The minimum Gasteiger partial charge on any atom is -0.444 e. The van der Waals surface area contributed by atoms with Gasteiger partial charge in [0.05, 0.1) is 11.4 Å². The molecular weight excluding hydrogens is 534 g/mol. The predicted molar refractivity (Wildman–Crippen MR) is 168 cm³/mol. The summed E-state index contributed by atoms with van der Waals surface area (Å²) in [6.45, 7) is 16.9. The van der Waals surface area contributed by atoms with E-state index in [9.17, 15) is 14.4 Å². The molecule has 0 unspecified atom stereocenters. The molecule has 1 aromatic carbocycles. The third-order valence-electron chi connectivity index (χ3n) is 6.32. The molecule has 2 aromatic rings. The molecule has 0 bridgehead atoms. The predicted octanol–water partition coefficient (Wildman–Crippen LogP) is 4.87. The first-order valence-corrected chi connectivity index (χ1v) is 14.4. The lowest BCUT2D eigenvalue weighted by Crippen LogP contribution is -2.47. The number of anilines is 2. The number of nitrogens with one attached hydrogen (secondary N) is 3. The lowest BCUT2D eigenvalue weighted by atomic mass is 10.2. The Morgan fingerprint density at radius 2 is 1.50 bits per heavy atom. The molecule has 0 aliphatic heterocycles. The van der Waals surface area contributed by atoms with E-state index in [1.54, 1.807) is 68.3 Å². The molecule has 4 amide bonds. The number of ether oxygens (including phenoxy) is 1. The van der Waals surface area contributed by atoms with Gasteiger partial charge in [-0.25, -0.2) is 9.59 Å². The van der Waals surface area contributed by atoms with E-state index in [0.717, 1.165) is 12.1 Å². The summed E-state index contributed by atoms with van der Waals surface area (Å²) >= 11 is 0. The molecule has 0 spiro atoms. The van der Waals surface area contributed by atoms with Crippen molar-refractivity contribution < 1.29 is 19.1 Å². The fourth-order valence-corrected chi connectivity index (χ4v) is 4.26. The lowest BCUT2D eigenvalue weighted by molar-refractivity contribution is 0.0635. The van der Waals surface area contributed by atoms with Crippen LogP contribution in [-0.4, -0.2) is 95.7 Å². The fourth-order valence-electron chi connectivity index (χ4n) is 4.26. The van der Waals surface area contributed by atoms with Gasteiger partial charge in [-0.05, 0) is 86.3 Å². The van der Waals surface area contributed by atoms with Crippen LogP contribution in [0.2, 0.25) is 0 Å². The molecule has 232 valence electrons. The smallest absolute Gasteiger partial charge is 0.412 e. The molecule has 0 saturated carbocycles. The number of aromatic nitrogens is 1. The molecule has 0 saturated heterocycles. The molecular formula is C31H49N7O4. The molecule has 1 aromatic heterocycles. The van der Waals surface area contributed by atoms with Gasteiger partial charge in [0.15, 0.2) is 0 Å². The molecule has 11 nitrogen and oxygen atoms in total. The molecule has 0 aliphatic rings. The van der Waals surface area contributed by atoms with Gasteiger partial charge in [0.25, 0.3) is 5.91 Å². The summed E-state index contributed by atoms with van der Waals surface area (Å²) < 4.78 is 5.32. The molecule has 1 heterocycles. The van der Waals surface area contributed by atoms with Crippen LogP contribution in [0.1, 0.15) is 64.5 Å². The number of hydrogen-bond donors (Lipinski definition) is 3. The second-order valence-electron chi connectivity index (χ2n) is 12.1. The largest absolute Gasteiger partial charge is 0.444 e. The summed E-state index contributed by atoms with van der Waals surface area (Å²) in [6, 6.07) is 10.9. The van der Waals surface area contributed by atoms with Crippen LogP contribution in [-0.2, 0) is 11.3 Å². The van der Waals surface area contributed by atoms with Gasteiger partial charge >= 0.3 is 12.1 Å². The number of para-hydroxylation sites is 2. The molecule has 42 heavy (non-hydrogen) atoms. The van der Waals surface area contributed by atoms with E-state index in [1.165, 1.54) is 0 Å². The number of pyridine rings is 1. The SMILES string of the molecule is CC(C)N(CCNC(=O)N(CCN(C)C)Cc1ccc(C(=O)Nc2ccccc2NC(=O)OC(C)(C)C)nc1)C(C)C. The summed E-state index contributed by atoms with van der Waals surface area (Å²) in [5, 5.41) is 8.53. The molecule has 11 heteroatoms. The summed E-state index contributed by atoms with van der Waals surface area (Å²) in [4.78, 5) is 48.8. The van der Waals surface area contributed by atoms with Crippen molar-refractivity contribution in [3.63, 3.8) is 0 Å². The molecule has 2 rings (SSSR count). The normalized spacial score (nSPS) is 11.6. The van der Waals surface area contributed by atoms with E-state index in [0.29, 0.717) is 49.6 Å². The summed E-state index contributed by atoms with van der Waals surface area (Å²) in [5.41, 5.74) is 1.18. The summed E-state index contributed by atoms with van der Waals surface area (Å²) in [5.74, 6) is -0.429. The standard InChI is InChI=1S/C31H49N7O4/c1-22(2)38(23(3)4)17-16-32-29(40)37(19-18-36(8)9)21-24-14-15-27(33-20-24)28(39)34-25-12-10-11-13-26(25)35-30(41)42-31(5,6)7/h10-15,20,22-23H,16-19,21H2,1-9H3,(H,32,40)(H,34,39)(H,35,41). The number of urea groups is 1. The average Bonchev–Trinajstić information content (AvgIpc) is 2.88. The highest BCUT2D eigenvalue weighted by molar-refractivity contribution is 6.05. The van der Waals surface area contributed by atoms with Crippen molar-refractivity contribution in [3.8, 4) is 0 Å². The number of hydrogen-bond acceptors (Lipinski definition) is 7. The van der Waals surface area contributed by atoms with Crippen LogP contribution in [0.4, 0.5) is 21.0 Å². The number of nitrogens with zero attached hydrogens (tertiary/aromatic N) is 4. The van der Waals surface area contributed by atoms with Crippen molar-refractivity contribution in [2.75, 3.05) is 50.9 Å². The van der Waals surface area contributed by atoms with Crippen LogP contribution in [0.15, 0.2) is 42.6 Å². The minimum atomic E-state index is -0.653. The zero-order valence-electron chi connectivity index (χ0n) is 26.7. The quantitative estimate of drug-likeness (QED) is 0.308. The van der Waals surface area contributed by atoms with Crippen LogP contribution >= 0.6 is 0 Å². The fraction of sp³-hybridized carbons (Fsp3) is 0.548. The first-order valence-electron chi connectivity index (χ1n) is 14.4. The zero-order valence-corrected chi connectivity index (χ0v) is 26.7. The number of amides is 4. The maximum absolute atomic E-state index is 13.1. The Kier molecular flexibility index (Phi) is 13.2. The lowest BCUT2D eigenvalue weighted by Gasteiger charge is -2.31. The van der Waals surface area contributed by atoms with Crippen molar-refractivity contribution in [3.05, 3.63) is 53.9 Å². The second kappa shape index (κ2) is 16.1. The van der Waals surface area contributed by atoms with Crippen LogP contribution < -0.4 is 16.0 Å². The van der Waals surface area contributed by atoms with E-state index < -0.39 is 17.6 Å². The van der Waals surface area contributed by atoms with E-state index in [2.05, 4.69) is 53.5 Å². The van der Waals surface area contributed by atoms with Gasteiger partial charge < -0.3 is 25.2 Å². The maximum atomic E-state index is 13.1. The van der Waals surface area contributed by atoms with Crippen molar-refractivity contribution in [1.29, 1.82) is 0 Å². The zero-order chi connectivity index (χ0) is 31.4. The van der Waals surface area contributed by atoms with Crippen LogP contribution in [0, 0.1) is 0 Å². The van der Waals surface area contributed by atoms with Crippen molar-refractivity contribution in [2.24, 2.45) is 0 Å². The van der Waals surface area contributed by atoms with Gasteiger partial charge in [-0.1, -0.05) is 18.2 Å². The number of carbonyl (C=O) groups is 3. The van der Waals surface area contributed by atoms with Gasteiger partial charge in [-0.3, -0.25) is 20.0 Å². The first kappa shape index (κ1) is 34.5. The highest BCUT2D eigenvalue weighted by Gasteiger charge is 2.19. The Hall–Kier alpha value is -3.70. The Morgan fingerprint density at radius 3 is 2.02 bits per heavy atom. The van der Waals surface area contributed by atoms with Crippen LogP contribution in [0.3, 0.4) is 0 Å². The van der Waals surface area contributed by atoms with Gasteiger partial charge in [-0.15, -0.1) is 0 Å². The molecule has 0 atom stereocenters. The van der Waals surface area contributed by atoms with Crippen molar-refractivity contribution >= 4 is 29.4 Å². The Balaban J connectivity index is 2.05. The van der Waals surface area contributed by atoms with E-state index in [-0.39, 0.29) is 11.7 Å². The molecule has 0 fully saturated rings. The summed E-state index contributed by atoms with van der Waals surface area (Å²) in [7, 11) is 3.94. The highest BCUT2D eigenvalue weighted by Crippen LogP contribution is 2.23. The summed E-state index contributed by atoms with van der Waals surface area (Å²) in [6.07, 6.45) is 0.987. The monoisotopic (exact) mass is 583 g/mol. The second-order valence-corrected chi connectivity index (χ2v) is 12.1. The highest BCUT2D eigenvalue weighted by atomic mass is 16.6. The minimum absolute atomic E-state index is 0.139. The van der Waals surface area contributed by atoms with Gasteiger partial charge in [-0.2, -0.15) is 0 Å².